The van der Waals surface area contributed by atoms with Crippen molar-refractivity contribution < 1.29 is 13.2 Å². The molecule has 1 aromatic carbocycles. The van der Waals surface area contributed by atoms with E-state index < -0.39 is 10.0 Å². The smallest absolute Gasteiger partial charge is 0.243 e. The second kappa shape index (κ2) is 10.4. The number of imidazole rings is 1. The molecule has 32 heavy (non-hydrogen) atoms. The normalized spacial score (nSPS) is 15.3. The first-order valence-corrected chi connectivity index (χ1v) is 14.3. The number of carbonyl (C=O) groups excluding carboxylic acids is 1. The highest BCUT2D eigenvalue weighted by atomic mass is 32.2. The molecule has 7 nitrogen and oxygen atoms in total. The molecule has 1 amide bonds. The van der Waals surface area contributed by atoms with Gasteiger partial charge in [0.1, 0.15) is 5.82 Å². The van der Waals surface area contributed by atoms with Crippen molar-refractivity contribution in [2.75, 3.05) is 18.8 Å². The number of amides is 1. The van der Waals surface area contributed by atoms with Crippen molar-refractivity contribution in [3.05, 3.63) is 46.4 Å². The number of benzene rings is 1. The standard InChI is InChI=1S/C22H28N4O3S3/c1-2-26-20-9-8-18(32(28,29)25-10-4-3-5-11-25)13-19(20)24-21(26)15-30-16-22(27)23-14-17-7-6-12-31-17/h6-9,12-13H,2-5,10-11,14-16H2,1H3,(H,23,27). The van der Waals surface area contributed by atoms with Gasteiger partial charge in [-0.05, 0) is 49.4 Å². The number of aryl methyl sites for hydroxylation is 1. The van der Waals surface area contributed by atoms with Gasteiger partial charge in [0, 0.05) is 24.5 Å². The summed E-state index contributed by atoms with van der Waals surface area (Å²) in [5, 5.41) is 4.93. The number of nitrogens with one attached hydrogen (secondary N) is 1. The Hall–Kier alpha value is -1.88. The molecule has 0 spiro atoms. The minimum atomic E-state index is -3.49. The van der Waals surface area contributed by atoms with E-state index in [4.69, 9.17) is 4.98 Å². The zero-order valence-corrected chi connectivity index (χ0v) is 20.6. The molecular formula is C22H28N4O3S3. The van der Waals surface area contributed by atoms with Crippen LogP contribution in [0.25, 0.3) is 11.0 Å². The largest absolute Gasteiger partial charge is 0.350 e. The molecule has 1 aliphatic rings. The number of sulfonamides is 1. The Kier molecular flexibility index (Phi) is 7.55. The van der Waals surface area contributed by atoms with Crippen LogP contribution in [0, 0.1) is 0 Å². The summed E-state index contributed by atoms with van der Waals surface area (Å²) in [5.41, 5.74) is 1.60. The van der Waals surface area contributed by atoms with E-state index in [-0.39, 0.29) is 5.91 Å². The summed E-state index contributed by atoms with van der Waals surface area (Å²) in [7, 11) is -3.49. The molecule has 1 N–H and O–H groups in total. The minimum absolute atomic E-state index is 0.00234. The van der Waals surface area contributed by atoms with Gasteiger partial charge in [0.15, 0.2) is 0 Å². The molecular weight excluding hydrogens is 464 g/mol. The number of hydrogen-bond acceptors (Lipinski definition) is 6. The lowest BCUT2D eigenvalue weighted by atomic mass is 10.2. The van der Waals surface area contributed by atoms with Gasteiger partial charge < -0.3 is 9.88 Å². The molecule has 3 heterocycles. The number of piperidine rings is 1. The van der Waals surface area contributed by atoms with Gasteiger partial charge in [0.25, 0.3) is 0 Å². The molecule has 1 aliphatic heterocycles. The van der Waals surface area contributed by atoms with E-state index >= 15 is 0 Å². The molecule has 1 saturated heterocycles. The van der Waals surface area contributed by atoms with E-state index in [0.29, 0.717) is 41.6 Å². The van der Waals surface area contributed by atoms with Gasteiger partial charge in [-0.2, -0.15) is 4.31 Å². The van der Waals surface area contributed by atoms with Crippen LogP contribution < -0.4 is 5.32 Å². The topological polar surface area (TPSA) is 84.3 Å². The van der Waals surface area contributed by atoms with Crippen molar-refractivity contribution in [3.63, 3.8) is 0 Å². The van der Waals surface area contributed by atoms with E-state index in [9.17, 15) is 13.2 Å². The van der Waals surface area contributed by atoms with Crippen LogP contribution in [0.4, 0.5) is 0 Å². The maximum absolute atomic E-state index is 13.0. The van der Waals surface area contributed by atoms with Crippen LogP contribution in [-0.4, -0.2) is 47.0 Å². The van der Waals surface area contributed by atoms with E-state index in [1.807, 2.05) is 30.5 Å². The van der Waals surface area contributed by atoms with Crippen molar-refractivity contribution in [2.45, 2.75) is 49.9 Å². The zero-order chi connectivity index (χ0) is 22.6. The van der Waals surface area contributed by atoms with Crippen molar-refractivity contribution >= 4 is 50.1 Å². The summed E-state index contributed by atoms with van der Waals surface area (Å²) in [6.45, 7) is 4.50. The average Bonchev–Trinajstić information content (AvgIpc) is 3.45. The van der Waals surface area contributed by atoms with E-state index in [0.717, 1.165) is 42.0 Å². The lowest BCUT2D eigenvalue weighted by molar-refractivity contribution is -0.118. The minimum Gasteiger partial charge on any atom is -0.350 e. The molecule has 0 radical (unpaired) electrons. The van der Waals surface area contributed by atoms with Gasteiger partial charge in [0.05, 0.1) is 34.0 Å². The third kappa shape index (κ3) is 5.19. The van der Waals surface area contributed by atoms with Gasteiger partial charge >= 0.3 is 0 Å². The predicted molar refractivity (Wildman–Crippen MR) is 130 cm³/mol. The number of nitrogens with zero attached hydrogens (tertiary/aromatic N) is 3. The zero-order valence-electron chi connectivity index (χ0n) is 18.1. The summed E-state index contributed by atoms with van der Waals surface area (Å²) < 4.78 is 29.7. The third-order valence-corrected chi connectivity index (χ3v) is 9.27. The lowest BCUT2D eigenvalue weighted by Crippen LogP contribution is -2.35. The molecule has 0 bridgehead atoms. The fourth-order valence-corrected chi connectivity index (χ4v) is 6.90. The Bertz CT molecular complexity index is 1170. The molecule has 10 heteroatoms. The van der Waals surface area contributed by atoms with Gasteiger partial charge in [-0.1, -0.05) is 12.5 Å². The van der Waals surface area contributed by atoms with Crippen LogP contribution in [-0.2, 0) is 33.7 Å². The molecule has 0 unspecified atom stereocenters. The number of carbonyl (C=O) groups is 1. The highest BCUT2D eigenvalue weighted by molar-refractivity contribution is 7.99. The Labute approximate surface area is 197 Å². The van der Waals surface area contributed by atoms with Crippen LogP contribution in [0.1, 0.15) is 36.9 Å². The number of aromatic nitrogens is 2. The number of hydrogen-bond donors (Lipinski definition) is 1. The van der Waals surface area contributed by atoms with Crippen LogP contribution in [0.2, 0.25) is 0 Å². The maximum Gasteiger partial charge on any atom is 0.243 e. The summed E-state index contributed by atoms with van der Waals surface area (Å²) >= 11 is 3.13. The van der Waals surface area contributed by atoms with Crippen molar-refractivity contribution in [1.29, 1.82) is 0 Å². The van der Waals surface area contributed by atoms with E-state index in [1.165, 1.54) is 11.8 Å². The first-order valence-electron chi connectivity index (χ1n) is 10.8. The van der Waals surface area contributed by atoms with Gasteiger partial charge in [-0.15, -0.1) is 23.1 Å². The fraction of sp³-hybridized carbons (Fsp3) is 0.455. The number of rotatable bonds is 9. The number of thiophene rings is 1. The van der Waals surface area contributed by atoms with Crippen molar-refractivity contribution in [3.8, 4) is 0 Å². The molecule has 172 valence electrons. The van der Waals surface area contributed by atoms with Gasteiger partial charge in [0.2, 0.25) is 15.9 Å². The predicted octanol–water partition coefficient (Wildman–Crippen LogP) is 3.84. The molecule has 0 atom stereocenters. The molecule has 0 saturated carbocycles. The van der Waals surface area contributed by atoms with Crippen LogP contribution in [0.5, 0.6) is 0 Å². The lowest BCUT2D eigenvalue weighted by Gasteiger charge is -2.25. The highest BCUT2D eigenvalue weighted by Crippen LogP contribution is 2.26. The summed E-state index contributed by atoms with van der Waals surface area (Å²) in [6, 6.07) is 9.20. The number of thioether (sulfide) groups is 1. The molecule has 3 aromatic rings. The Balaban J connectivity index is 1.43. The highest BCUT2D eigenvalue weighted by Gasteiger charge is 2.26. The average molecular weight is 493 g/mol. The van der Waals surface area contributed by atoms with Crippen LogP contribution in [0.3, 0.4) is 0 Å². The molecule has 2 aromatic heterocycles. The maximum atomic E-state index is 13.0. The van der Waals surface area contributed by atoms with Crippen LogP contribution >= 0.6 is 23.1 Å². The quantitative estimate of drug-likeness (QED) is 0.491. The molecule has 4 rings (SSSR count). The monoisotopic (exact) mass is 492 g/mol. The summed E-state index contributed by atoms with van der Waals surface area (Å²) in [6.07, 6.45) is 2.90. The van der Waals surface area contributed by atoms with Gasteiger partial charge in [-0.25, -0.2) is 13.4 Å². The number of fused-ring (bicyclic) bond motifs is 1. The fourth-order valence-electron chi connectivity index (χ4n) is 3.92. The van der Waals surface area contributed by atoms with Crippen LogP contribution in [0.15, 0.2) is 40.6 Å². The second-order valence-electron chi connectivity index (χ2n) is 7.74. The van der Waals surface area contributed by atoms with E-state index in [1.54, 1.807) is 27.8 Å². The van der Waals surface area contributed by atoms with E-state index in [2.05, 4.69) is 9.88 Å². The van der Waals surface area contributed by atoms with Crippen molar-refractivity contribution in [1.82, 2.24) is 19.2 Å². The Morgan fingerprint density at radius 2 is 2.03 bits per heavy atom. The Morgan fingerprint density at radius 3 is 2.75 bits per heavy atom. The first kappa shape index (κ1) is 23.3. The van der Waals surface area contributed by atoms with Crippen molar-refractivity contribution in [2.24, 2.45) is 0 Å². The molecule has 1 fully saturated rings. The third-order valence-electron chi connectivity index (χ3n) is 5.57. The molecule has 0 aliphatic carbocycles. The second-order valence-corrected chi connectivity index (χ2v) is 11.7. The van der Waals surface area contributed by atoms with Gasteiger partial charge in [-0.3, -0.25) is 4.79 Å². The SMILES string of the molecule is CCn1c(CSCC(=O)NCc2cccs2)nc2cc(S(=O)(=O)N3CCCCC3)ccc21. The first-order chi connectivity index (χ1) is 15.5. The summed E-state index contributed by atoms with van der Waals surface area (Å²) in [4.78, 5) is 18.3. The summed E-state index contributed by atoms with van der Waals surface area (Å²) in [5.74, 6) is 1.79. The Morgan fingerprint density at radius 1 is 1.22 bits per heavy atom.